The Balaban J connectivity index is 2.07. The van der Waals surface area contributed by atoms with E-state index in [0.717, 1.165) is 17.9 Å². The van der Waals surface area contributed by atoms with Crippen LogP contribution in [-0.2, 0) is 6.42 Å². The van der Waals surface area contributed by atoms with Gasteiger partial charge in [-0.25, -0.2) is 0 Å². The van der Waals surface area contributed by atoms with Crippen LogP contribution >= 0.6 is 0 Å². The summed E-state index contributed by atoms with van der Waals surface area (Å²) in [5, 5.41) is 16.2. The SMILES string of the molecule is CCN1CCCC1c1cc(CCO)[nH]n1. The highest BCUT2D eigenvalue weighted by Crippen LogP contribution is 2.30. The quantitative estimate of drug-likeness (QED) is 0.780. The number of aliphatic hydroxyl groups is 1. The van der Waals surface area contributed by atoms with Crippen LogP contribution in [0.4, 0.5) is 0 Å². The van der Waals surface area contributed by atoms with E-state index in [4.69, 9.17) is 5.11 Å². The largest absolute Gasteiger partial charge is 0.396 e. The first-order valence-electron chi connectivity index (χ1n) is 5.74. The van der Waals surface area contributed by atoms with E-state index in [-0.39, 0.29) is 6.61 Å². The second kappa shape index (κ2) is 4.77. The summed E-state index contributed by atoms with van der Waals surface area (Å²) >= 11 is 0. The molecular weight excluding hydrogens is 190 g/mol. The molecule has 1 aromatic heterocycles. The molecule has 84 valence electrons. The van der Waals surface area contributed by atoms with Gasteiger partial charge < -0.3 is 5.11 Å². The Bertz CT molecular complexity index is 311. The highest BCUT2D eigenvalue weighted by molar-refractivity contribution is 5.14. The van der Waals surface area contributed by atoms with Crippen LogP contribution < -0.4 is 0 Å². The molecule has 0 radical (unpaired) electrons. The molecule has 2 N–H and O–H groups in total. The molecule has 0 aliphatic carbocycles. The molecule has 0 amide bonds. The molecule has 1 aliphatic heterocycles. The van der Waals surface area contributed by atoms with E-state index in [0.29, 0.717) is 12.5 Å². The lowest BCUT2D eigenvalue weighted by atomic mass is 10.1. The van der Waals surface area contributed by atoms with E-state index >= 15 is 0 Å². The summed E-state index contributed by atoms with van der Waals surface area (Å²) in [7, 11) is 0. The van der Waals surface area contributed by atoms with Crippen molar-refractivity contribution < 1.29 is 5.11 Å². The highest BCUT2D eigenvalue weighted by Gasteiger charge is 2.26. The van der Waals surface area contributed by atoms with Crippen molar-refractivity contribution in [1.82, 2.24) is 15.1 Å². The zero-order valence-corrected chi connectivity index (χ0v) is 9.24. The van der Waals surface area contributed by atoms with Crippen LogP contribution in [0.25, 0.3) is 0 Å². The molecule has 15 heavy (non-hydrogen) atoms. The summed E-state index contributed by atoms with van der Waals surface area (Å²) in [6, 6.07) is 2.58. The minimum Gasteiger partial charge on any atom is -0.396 e. The normalized spacial score (nSPS) is 22.4. The first-order chi connectivity index (χ1) is 7.35. The third-order valence-corrected chi connectivity index (χ3v) is 3.14. The first kappa shape index (κ1) is 10.6. The predicted molar refractivity (Wildman–Crippen MR) is 58.6 cm³/mol. The Kier molecular flexibility index (Phi) is 3.38. The Morgan fingerprint density at radius 2 is 2.53 bits per heavy atom. The summed E-state index contributed by atoms with van der Waals surface area (Å²) < 4.78 is 0. The Labute approximate surface area is 90.3 Å². The standard InChI is InChI=1S/C11H19N3O/c1-2-14-6-3-4-11(14)10-8-9(5-7-15)12-13-10/h8,11,15H,2-7H2,1H3,(H,12,13). The fourth-order valence-corrected chi connectivity index (χ4v) is 2.34. The molecule has 2 heterocycles. The molecule has 1 fully saturated rings. The molecule has 2 rings (SSSR count). The van der Waals surface area contributed by atoms with Gasteiger partial charge in [0.1, 0.15) is 0 Å². The third-order valence-electron chi connectivity index (χ3n) is 3.14. The second-order valence-electron chi connectivity index (χ2n) is 4.08. The van der Waals surface area contributed by atoms with Crippen LogP contribution in [0.15, 0.2) is 6.07 Å². The second-order valence-corrected chi connectivity index (χ2v) is 4.08. The summed E-state index contributed by atoms with van der Waals surface area (Å²) in [6.45, 7) is 4.65. The van der Waals surface area contributed by atoms with Gasteiger partial charge in [0.2, 0.25) is 0 Å². The van der Waals surface area contributed by atoms with Gasteiger partial charge in [0.15, 0.2) is 0 Å². The van der Waals surface area contributed by atoms with Crippen molar-refractivity contribution >= 4 is 0 Å². The van der Waals surface area contributed by atoms with Crippen molar-refractivity contribution in [2.45, 2.75) is 32.2 Å². The molecule has 1 saturated heterocycles. The predicted octanol–water partition coefficient (Wildman–Crippen LogP) is 1.10. The van der Waals surface area contributed by atoms with Crippen molar-refractivity contribution in [2.75, 3.05) is 19.7 Å². The maximum absolute atomic E-state index is 8.83. The molecule has 4 nitrogen and oxygen atoms in total. The number of rotatable bonds is 4. The van der Waals surface area contributed by atoms with Gasteiger partial charge in [-0.05, 0) is 32.0 Å². The van der Waals surface area contributed by atoms with Crippen molar-refractivity contribution in [3.63, 3.8) is 0 Å². The Morgan fingerprint density at radius 1 is 1.67 bits per heavy atom. The smallest absolute Gasteiger partial charge is 0.0796 e. The van der Waals surface area contributed by atoms with Crippen molar-refractivity contribution in [3.8, 4) is 0 Å². The van der Waals surface area contributed by atoms with Crippen LogP contribution in [-0.4, -0.2) is 39.9 Å². The number of likely N-dealkylation sites (tertiary alicyclic amines) is 1. The number of hydrogen-bond acceptors (Lipinski definition) is 3. The number of aromatic amines is 1. The lowest BCUT2D eigenvalue weighted by Gasteiger charge is -2.20. The van der Waals surface area contributed by atoms with Gasteiger partial charge in [0, 0.05) is 18.7 Å². The maximum atomic E-state index is 8.83. The van der Waals surface area contributed by atoms with Gasteiger partial charge in [0.05, 0.1) is 11.7 Å². The molecule has 0 spiro atoms. The van der Waals surface area contributed by atoms with Crippen LogP contribution in [0.3, 0.4) is 0 Å². The van der Waals surface area contributed by atoms with Gasteiger partial charge >= 0.3 is 0 Å². The van der Waals surface area contributed by atoms with E-state index in [1.165, 1.54) is 19.4 Å². The first-order valence-corrected chi connectivity index (χ1v) is 5.74. The van der Waals surface area contributed by atoms with E-state index in [9.17, 15) is 0 Å². The number of aromatic nitrogens is 2. The van der Waals surface area contributed by atoms with Crippen LogP contribution in [0.5, 0.6) is 0 Å². The number of H-pyrrole nitrogens is 1. The maximum Gasteiger partial charge on any atom is 0.0796 e. The van der Waals surface area contributed by atoms with E-state index in [1.807, 2.05) is 0 Å². The summed E-state index contributed by atoms with van der Waals surface area (Å²) in [5.41, 5.74) is 2.17. The average molecular weight is 209 g/mol. The van der Waals surface area contributed by atoms with Gasteiger partial charge in [-0.1, -0.05) is 6.92 Å². The van der Waals surface area contributed by atoms with E-state index in [2.05, 4.69) is 28.1 Å². The molecule has 1 aliphatic rings. The van der Waals surface area contributed by atoms with Gasteiger partial charge in [-0.15, -0.1) is 0 Å². The third kappa shape index (κ3) is 2.21. The van der Waals surface area contributed by atoms with Crippen LogP contribution in [0.2, 0.25) is 0 Å². The van der Waals surface area contributed by atoms with Crippen molar-refractivity contribution in [1.29, 1.82) is 0 Å². The van der Waals surface area contributed by atoms with Gasteiger partial charge in [0.25, 0.3) is 0 Å². The van der Waals surface area contributed by atoms with Gasteiger partial charge in [-0.2, -0.15) is 5.10 Å². The van der Waals surface area contributed by atoms with E-state index < -0.39 is 0 Å². The summed E-state index contributed by atoms with van der Waals surface area (Å²) in [5.74, 6) is 0. The fraction of sp³-hybridized carbons (Fsp3) is 0.727. The minimum atomic E-state index is 0.184. The highest BCUT2D eigenvalue weighted by atomic mass is 16.3. The monoisotopic (exact) mass is 209 g/mol. The molecule has 1 atom stereocenters. The zero-order chi connectivity index (χ0) is 10.7. The van der Waals surface area contributed by atoms with Crippen molar-refractivity contribution in [3.05, 3.63) is 17.5 Å². The van der Waals surface area contributed by atoms with Crippen LogP contribution in [0.1, 0.15) is 37.2 Å². The molecule has 0 saturated carbocycles. The molecule has 4 heteroatoms. The molecule has 0 aromatic carbocycles. The Hall–Kier alpha value is -0.870. The number of nitrogens with zero attached hydrogens (tertiary/aromatic N) is 2. The molecule has 1 unspecified atom stereocenters. The van der Waals surface area contributed by atoms with Gasteiger partial charge in [-0.3, -0.25) is 10.00 Å². The lowest BCUT2D eigenvalue weighted by Crippen LogP contribution is -2.22. The summed E-state index contributed by atoms with van der Waals surface area (Å²) in [6.07, 6.45) is 3.14. The Morgan fingerprint density at radius 3 is 3.27 bits per heavy atom. The number of hydrogen-bond donors (Lipinski definition) is 2. The number of aliphatic hydroxyl groups excluding tert-OH is 1. The fourth-order valence-electron chi connectivity index (χ4n) is 2.34. The van der Waals surface area contributed by atoms with Crippen LogP contribution in [0, 0.1) is 0 Å². The summed E-state index contributed by atoms with van der Waals surface area (Å²) in [4.78, 5) is 2.46. The van der Waals surface area contributed by atoms with E-state index in [1.54, 1.807) is 0 Å². The van der Waals surface area contributed by atoms with Crippen molar-refractivity contribution in [2.24, 2.45) is 0 Å². The lowest BCUT2D eigenvalue weighted by molar-refractivity contribution is 0.267. The minimum absolute atomic E-state index is 0.184. The average Bonchev–Trinajstić information content (AvgIpc) is 2.84. The number of nitrogens with one attached hydrogen (secondary N) is 1. The topological polar surface area (TPSA) is 52.1 Å². The molecule has 1 aromatic rings. The molecule has 0 bridgehead atoms. The zero-order valence-electron chi connectivity index (χ0n) is 9.24. The molecular formula is C11H19N3O.